The maximum absolute atomic E-state index is 12.1. The molecule has 6 nitrogen and oxygen atoms in total. The molecule has 1 heterocycles. The van der Waals surface area contributed by atoms with E-state index in [9.17, 15) is 14.9 Å². The van der Waals surface area contributed by atoms with Crippen LogP contribution in [0.2, 0.25) is 10.3 Å². The molecule has 0 aliphatic heterocycles. The molecular weight excluding hydrogens is 385 g/mol. The van der Waals surface area contributed by atoms with Gasteiger partial charge in [0.1, 0.15) is 10.3 Å². The van der Waals surface area contributed by atoms with Gasteiger partial charge in [0.25, 0.3) is 11.6 Å². The molecule has 0 fully saturated rings. The molecule has 0 saturated carbocycles. The Hall–Kier alpha value is -1.70. The van der Waals surface area contributed by atoms with Crippen LogP contribution in [0.3, 0.4) is 0 Å². The van der Waals surface area contributed by atoms with Crippen LogP contribution >= 0.6 is 39.1 Å². The monoisotopic (exact) mass is 389 g/mol. The van der Waals surface area contributed by atoms with E-state index in [0.717, 1.165) is 0 Å². The number of hydrogen-bond donors (Lipinski definition) is 1. The molecule has 0 unspecified atom stereocenters. The minimum Gasteiger partial charge on any atom is -0.322 e. The minimum atomic E-state index is -0.559. The van der Waals surface area contributed by atoms with E-state index >= 15 is 0 Å². The van der Waals surface area contributed by atoms with Crippen molar-refractivity contribution in [1.29, 1.82) is 0 Å². The molecule has 1 aromatic heterocycles. The number of hydrogen-bond acceptors (Lipinski definition) is 4. The summed E-state index contributed by atoms with van der Waals surface area (Å²) in [5, 5.41) is 13.5. The number of halogens is 3. The highest BCUT2D eigenvalue weighted by molar-refractivity contribution is 9.10. The van der Waals surface area contributed by atoms with Crippen molar-refractivity contribution in [3.05, 3.63) is 60.8 Å². The zero-order valence-electron chi connectivity index (χ0n) is 10.1. The number of rotatable bonds is 3. The summed E-state index contributed by atoms with van der Waals surface area (Å²) in [4.78, 5) is 26.1. The van der Waals surface area contributed by atoms with Gasteiger partial charge in [-0.2, -0.15) is 0 Å². The van der Waals surface area contributed by atoms with Gasteiger partial charge >= 0.3 is 0 Å². The SMILES string of the molecule is O=C(Nc1ccc(Br)c([N+](=O)[O-])c1)c1ccc(Cl)nc1Cl. The zero-order chi connectivity index (χ0) is 15.6. The van der Waals surface area contributed by atoms with E-state index < -0.39 is 10.8 Å². The Kier molecular flexibility index (Phi) is 4.76. The summed E-state index contributed by atoms with van der Waals surface area (Å²) in [6.45, 7) is 0. The Balaban J connectivity index is 2.27. The van der Waals surface area contributed by atoms with Gasteiger partial charge in [-0.3, -0.25) is 14.9 Å². The predicted octanol–water partition coefficient (Wildman–Crippen LogP) is 4.31. The minimum absolute atomic E-state index is 0.0494. The first kappa shape index (κ1) is 15.7. The first-order valence-corrected chi connectivity index (χ1v) is 7.00. The molecular formula is C12H6BrCl2N3O3. The molecule has 108 valence electrons. The van der Waals surface area contributed by atoms with Gasteiger partial charge in [-0.1, -0.05) is 23.2 Å². The first-order valence-electron chi connectivity index (χ1n) is 5.46. The molecule has 2 aromatic rings. The normalized spacial score (nSPS) is 10.2. The van der Waals surface area contributed by atoms with Gasteiger partial charge in [0, 0.05) is 11.8 Å². The second-order valence-corrected chi connectivity index (χ2v) is 5.45. The summed E-state index contributed by atoms with van der Waals surface area (Å²) in [7, 11) is 0. The molecule has 1 amide bonds. The highest BCUT2D eigenvalue weighted by Crippen LogP contribution is 2.28. The summed E-state index contributed by atoms with van der Waals surface area (Å²) in [6, 6.07) is 7.06. The van der Waals surface area contributed by atoms with Crippen LogP contribution in [-0.2, 0) is 0 Å². The van der Waals surface area contributed by atoms with Crippen LogP contribution in [0.5, 0.6) is 0 Å². The van der Waals surface area contributed by atoms with Gasteiger partial charge in [0.05, 0.1) is 15.0 Å². The van der Waals surface area contributed by atoms with Crippen LogP contribution in [0.15, 0.2) is 34.8 Å². The number of pyridine rings is 1. The van der Waals surface area contributed by atoms with Crippen LogP contribution in [0.1, 0.15) is 10.4 Å². The van der Waals surface area contributed by atoms with E-state index in [1.807, 2.05) is 0 Å². The summed E-state index contributed by atoms with van der Waals surface area (Å²) < 4.78 is 0.316. The fourth-order valence-electron chi connectivity index (χ4n) is 1.51. The number of carbonyl (C=O) groups excluding carboxylic acids is 1. The largest absolute Gasteiger partial charge is 0.322 e. The number of nitro benzene ring substituents is 1. The first-order chi connectivity index (χ1) is 9.88. The molecule has 0 atom stereocenters. The fourth-order valence-corrected chi connectivity index (χ4v) is 2.33. The van der Waals surface area contributed by atoms with E-state index in [2.05, 4.69) is 26.2 Å². The van der Waals surface area contributed by atoms with Crippen molar-refractivity contribution in [1.82, 2.24) is 4.98 Å². The lowest BCUT2D eigenvalue weighted by molar-refractivity contribution is -0.385. The number of nitrogens with zero attached hydrogens (tertiary/aromatic N) is 2. The van der Waals surface area contributed by atoms with Crippen LogP contribution in [-0.4, -0.2) is 15.8 Å². The number of nitro groups is 1. The molecule has 9 heteroatoms. The second-order valence-electron chi connectivity index (χ2n) is 3.85. The standard InChI is InChI=1S/C12H6BrCl2N3O3/c13-8-3-1-6(5-9(8)18(20)21)16-12(19)7-2-4-10(14)17-11(7)15/h1-5H,(H,16,19). The fraction of sp³-hybridized carbons (Fsp3) is 0. The smallest absolute Gasteiger partial charge is 0.285 e. The number of nitrogens with one attached hydrogen (secondary N) is 1. The molecule has 0 bridgehead atoms. The predicted molar refractivity (Wildman–Crippen MR) is 83.0 cm³/mol. The van der Waals surface area contributed by atoms with Crippen LogP contribution in [0.25, 0.3) is 0 Å². The highest BCUT2D eigenvalue weighted by atomic mass is 79.9. The van der Waals surface area contributed by atoms with Crippen molar-refractivity contribution in [2.24, 2.45) is 0 Å². The van der Waals surface area contributed by atoms with Crippen molar-refractivity contribution in [3.8, 4) is 0 Å². The molecule has 1 N–H and O–H groups in total. The molecule has 0 radical (unpaired) electrons. The molecule has 0 saturated heterocycles. The van der Waals surface area contributed by atoms with Crippen molar-refractivity contribution in [2.75, 3.05) is 5.32 Å². The molecule has 21 heavy (non-hydrogen) atoms. The van der Waals surface area contributed by atoms with Gasteiger partial charge in [0.15, 0.2) is 0 Å². The van der Waals surface area contributed by atoms with Gasteiger partial charge in [-0.15, -0.1) is 0 Å². The van der Waals surface area contributed by atoms with Gasteiger partial charge in [-0.25, -0.2) is 4.98 Å². The Labute approximate surface area is 137 Å². The molecule has 0 aliphatic carbocycles. The van der Waals surface area contributed by atoms with Crippen molar-refractivity contribution < 1.29 is 9.72 Å². The maximum atomic E-state index is 12.1. The molecule has 1 aromatic carbocycles. The third kappa shape index (κ3) is 3.69. The summed E-state index contributed by atoms with van der Waals surface area (Å²) in [5.74, 6) is -0.541. The average molecular weight is 391 g/mol. The van der Waals surface area contributed by atoms with Crippen LogP contribution in [0.4, 0.5) is 11.4 Å². The highest BCUT2D eigenvalue weighted by Gasteiger charge is 2.16. The molecule has 0 aliphatic rings. The second kappa shape index (κ2) is 6.38. The summed E-state index contributed by atoms with van der Waals surface area (Å²) >= 11 is 14.5. The molecule has 0 spiro atoms. The average Bonchev–Trinajstić information content (AvgIpc) is 2.40. The number of aromatic nitrogens is 1. The van der Waals surface area contributed by atoms with Gasteiger partial charge < -0.3 is 5.32 Å². The summed E-state index contributed by atoms with van der Waals surface area (Å²) in [6.07, 6.45) is 0. The quantitative estimate of drug-likeness (QED) is 0.480. The van der Waals surface area contributed by atoms with Gasteiger partial charge in [-0.05, 0) is 40.2 Å². The van der Waals surface area contributed by atoms with E-state index in [0.29, 0.717) is 4.47 Å². The van der Waals surface area contributed by atoms with E-state index in [4.69, 9.17) is 23.2 Å². The molecule has 2 rings (SSSR count). The number of amides is 1. The maximum Gasteiger partial charge on any atom is 0.285 e. The number of anilines is 1. The lowest BCUT2D eigenvalue weighted by Crippen LogP contribution is -2.13. The topological polar surface area (TPSA) is 85.1 Å². The summed E-state index contributed by atoms with van der Waals surface area (Å²) in [5.41, 5.74) is 0.223. The van der Waals surface area contributed by atoms with Crippen molar-refractivity contribution in [2.45, 2.75) is 0 Å². The van der Waals surface area contributed by atoms with Crippen LogP contribution in [0, 0.1) is 10.1 Å². The zero-order valence-corrected chi connectivity index (χ0v) is 13.2. The Morgan fingerprint density at radius 1 is 1.29 bits per heavy atom. The Morgan fingerprint density at radius 3 is 2.62 bits per heavy atom. The van der Waals surface area contributed by atoms with Crippen molar-refractivity contribution >= 4 is 56.4 Å². The van der Waals surface area contributed by atoms with Crippen molar-refractivity contribution in [3.63, 3.8) is 0 Å². The number of benzene rings is 1. The van der Waals surface area contributed by atoms with E-state index in [1.165, 1.54) is 30.3 Å². The van der Waals surface area contributed by atoms with E-state index in [1.54, 1.807) is 0 Å². The van der Waals surface area contributed by atoms with Crippen LogP contribution < -0.4 is 5.32 Å². The third-order valence-corrected chi connectivity index (χ3v) is 3.63. The third-order valence-electron chi connectivity index (χ3n) is 2.46. The Morgan fingerprint density at radius 2 is 2.00 bits per heavy atom. The number of carbonyl (C=O) groups is 1. The lowest BCUT2D eigenvalue weighted by Gasteiger charge is -2.07. The van der Waals surface area contributed by atoms with Gasteiger partial charge in [0.2, 0.25) is 0 Å². The lowest BCUT2D eigenvalue weighted by atomic mass is 10.2. The van der Waals surface area contributed by atoms with E-state index in [-0.39, 0.29) is 27.2 Å². The Bertz CT molecular complexity index is 740.